The number of hydrogen-bond acceptors (Lipinski definition) is 5. The molecule has 0 radical (unpaired) electrons. The predicted molar refractivity (Wildman–Crippen MR) is 90.4 cm³/mol. The normalized spacial score (nSPS) is 27.7. The molecule has 0 saturated carbocycles. The van der Waals surface area contributed by atoms with Crippen LogP contribution in [0.1, 0.15) is 43.4 Å². The molecule has 0 saturated heterocycles. The third-order valence-electron chi connectivity index (χ3n) is 5.63. The number of benzene rings is 1. The molecule has 0 amide bonds. The fraction of sp³-hybridized carbons (Fsp3) is 0.474. The number of oxime groups is 1. The Morgan fingerprint density at radius 1 is 1.29 bits per heavy atom. The molecule has 24 heavy (non-hydrogen) atoms. The van der Waals surface area contributed by atoms with Crippen molar-refractivity contribution in [2.24, 2.45) is 11.1 Å². The van der Waals surface area contributed by atoms with Crippen molar-refractivity contribution in [3.8, 4) is 5.75 Å². The van der Waals surface area contributed by atoms with E-state index in [0.717, 1.165) is 37.3 Å². The highest BCUT2D eigenvalue weighted by atomic mass is 16.5. The highest BCUT2D eigenvalue weighted by Crippen LogP contribution is 2.46. The van der Waals surface area contributed by atoms with Crippen LogP contribution < -0.4 is 4.74 Å². The molecule has 2 atom stereocenters. The zero-order valence-corrected chi connectivity index (χ0v) is 14.1. The zero-order valence-electron chi connectivity index (χ0n) is 14.1. The van der Waals surface area contributed by atoms with E-state index in [-0.39, 0.29) is 17.7 Å². The minimum absolute atomic E-state index is 0.0248. The quantitative estimate of drug-likeness (QED) is 0.636. The van der Waals surface area contributed by atoms with Crippen molar-refractivity contribution in [3.05, 3.63) is 40.6 Å². The number of Topliss-reactive ketones (excluding diaryl/α,β-unsaturated/α-hetero) is 1. The Labute approximate surface area is 141 Å². The number of carbonyl (C=O) groups is 1. The number of ketones is 1. The van der Waals surface area contributed by atoms with Gasteiger partial charge in [-0.1, -0.05) is 18.1 Å². The van der Waals surface area contributed by atoms with E-state index < -0.39 is 0 Å². The van der Waals surface area contributed by atoms with Crippen molar-refractivity contribution in [2.75, 3.05) is 13.7 Å². The summed E-state index contributed by atoms with van der Waals surface area (Å²) in [6.45, 7) is 2.94. The van der Waals surface area contributed by atoms with E-state index in [1.165, 1.54) is 11.1 Å². The molecule has 3 aliphatic rings. The van der Waals surface area contributed by atoms with Gasteiger partial charge < -0.3 is 14.8 Å². The molecule has 1 aromatic rings. The average molecular weight is 326 g/mol. The molecule has 126 valence electrons. The summed E-state index contributed by atoms with van der Waals surface area (Å²) in [5.74, 6) is 0.965. The molecule has 0 unspecified atom stereocenters. The smallest absolute Gasteiger partial charge is 0.166 e. The number of allylic oxidation sites excluding steroid dienone is 2. The van der Waals surface area contributed by atoms with E-state index in [4.69, 9.17) is 4.74 Å². The van der Waals surface area contributed by atoms with E-state index >= 15 is 0 Å². The van der Waals surface area contributed by atoms with Gasteiger partial charge in [0, 0.05) is 24.6 Å². The third kappa shape index (κ3) is 2.07. The van der Waals surface area contributed by atoms with E-state index in [1.54, 1.807) is 7.11 Å². The highest BCUT2D eigenvalue weighted by Gasteiger charge is 2.44. The van der Waals surface area contributed by atoms with Crippen LogP contribution in [0.25, 0.3) is 0 Å². The van der Waals surface area contributed by atoms with Gasteiger partial charge in [0.05, 0.1) is 24.4 Å². The average Bonchev–Trinajstić information content (AvgIpc) is 2.61. The van der Waals surface area contributed by atoms with Crippen LogP contribution in [0.5, 0.6) is 5.75 Å². The van der Waals surface area contributed by atoms with Crippen molar-refractivity contribution in [1.29, 1.82) is 0 Å². The van der Waals surface area contributed by atoms with Gasteiger partial charge in [-0.3, -0.25) is 4.79 Å². The summed E-state index contributed by atoms with van der Waals surface area (Å²) in [6, 6.07) is 6.33. The van der Waals surface area contributed by atoms with Gasteiger partial charge in [-0.25, -0.2) is 0 Å². The number of methoxy groups -OCH3 is 1. The standard InChI is InChI=1S/C19H22N2O3/c1-11-18(20-23)17-15(4-3-5-16(17)22)21-9-8-12-10-13(24-2)6-7-14(12)19(11)21/h6-7,10-11,19,23H,3-5,8-9H2,1-2H3/t11-,19-/m1/s1. The molecule has 5 heteroatoms. The van der Waals surface area contributed by atoms with Gasteiger partial charge >= 0.3 is 0 Å². The Morgan fingerprint density at radius 2 is 2.12 bits per heavy atom. The van der Waals surface area contributed by atoms with Gasteiger partial charge in [-0.05, 0) is 42.5 Å². The summed E-state index contributed by atoms with van der Waals surface area (Å²) in [5, 5.41) is 13.1. The Balaban J connectivity index is 1.86. The van der Waals surface area contributed by atoms with E-state index in [1.807, 2.05) is 6.07 Å². The molecular weight excluding hydrogens is 304 g/mol. The fourth-order valence-corrected chi connectivity index (χ4v) is 4.53. The maximum Gasteiger partial charge on any atom is 0.166 e. The number of rotatable bonds is 1. The lowest BCUT2D eigenvalue weighted by Crippen LogP contribution is -2.47. The van der Waals surface area contributed by atoms with Crippen LogP contribution in [-0.2, 0) is 11.2 Å². The molecule has 1 aliphatic carbocycles. The van der Waals surface area contributed by atoms with Gasteiger partial charge in [0.2, 0.25) is 0 Å². The monoisotopic (exact) mass is 326 g/mol. The molecule has 0 spiro atoms. The second kappa shape index (κ2) is 5.65. The molecule has 0 aromatic heterocycles. The maximum absolute atomic E-state index is 12.5. The molecular formula is C19H22N2O3. The molecule has 5 nitrogen and oxygen atoms in total. The van der Waals surface area contributed by atoms with Crippen LogP contribution >= 0.6 is 0 Å². The number of ether oxygens (including phenoxy) is 1. The molecule has 0 fully saturated rings. The first-order chi connectivity index (χ1) is 11.7. The van der Waals surface area contributed by atoms with Crippen LogP contribution in [0.2, 0.25) is 0 Å². The molecule has 1 N–H and O–H groups in total. The van der Waals surface area contributed by atoms with Crippen LogP contribution in [0.4, 0.5) is 0 Å². The Hall–Kier alpha value is -2.30. The first-order valence-corrected chi connectivity index (χ1v) is 8.57. The Bertz CT molecular complexity index is 766. The topological polar surface area (TPSA) is 62.1 Å². The highest BCUT2D eigenvalue weighted by molar-refractivity contribution is 6.24. The molecule has 2 aliphatic heterocycles. The molecule has 1 aromatic carbocycles. The van der Waals surface area contributed by atoms with Gasteiger partial charge in [-0.15, -0.1) is 0 Å². The maximum atomic E-state index is 12.5. The second-order valence-corrected chi connectivity index (χ2v) is 6.83. The summed E-state index contributed by atoms with van der Waals surface area (Å²) in [6.07, 6.45) is 3.25. The SMILES string of the molecule is COc1ccc2c(c1)CCN1C3=C(C(=O)CCC3)C(=NO)[C@@H](C)[C@H]21. The summed E-state index contributed by atoms with van der Waals surface area (Å²) in [5.41, 5.74) is 4.83. The second-order valence-electron chi connectivity index (χ2n) is 6.83. The predicted octanol–water partition coefficient (Wildman–Crippen LogP) is 3.08. The molecule has 2 heterocycles. The van der Waals surface area contributed by atoms with Crippen molar-refractivity contribution in [1.82, 2.24) is 4.90 Å². The number of nitrogens with zero attached hydrogens (tertiary/aromatic N) is 2. The summed E-state index contributed by atoms with van der Waals surface area (Å²) >= 11 is 0. The first-order valence-electron chi connectivity index (χ1n) is 8.57. The number of fused-ring (bicyclic) bond motifs is 4. The fourth-order valence-electron chi connectivity index (χ4n) is 4.53. The van der Waals surface area contributed by atoms with Crippen molar-refractivity contribution in [2.45, 2.75) is 38.6 Å². The molecule has 4 rings (SSSR count). The Morgan fingerprint density at radius 3 is 2.88 bits per heavy atom. The van der Waals surface area contributed by atoms with Crippen LogP contribution in [0.3, 0.4) is 0 Å². The summed E-state index contributed by atoms with van der Waals surface area (Å²) < 4.78 is 5.35. The van der Waals surface area contributed by atoms with E-state index in [0.29, 0.717) is 17.7 Å². The zero-order chi connectivity index (χ0) is 16.8. The van der Waals surface area contributed by atoms with Crippen LogP contribution in [-0.4, -0.2) is 35.3 Å². The largest absolute Gasteiger partial charge is 0.497 e. The lowest BCUT2D eigenvalue weighted by molar-refractivity contribution is -0.116. The first kappa shape index (κ1) is 15.2. The van der Waals surface area contributed by atoms with E-state index in [9.17, 15) is 10.0 Å². The minimum atomic E-state index is -0.0248. The summed E-state index contributed by atoms with van der Waals surface area (Å²) in [4.78, 5) is 14.8. The van der Waals surface area contributed by atoms with Gasteiger partial charge in [0.15, 0.2) is 5.78 Å². The lowest BCUT2D eigenvalue weighted by Gasteiger charge is -2.48. The van der Waals surface area contributed by atoms with Crippen molar-refractivity contribution >= 4 is 11.5 Å². The van der Waals surface area contributed by atoms with Crippen molar-refractivity contribution in [3.63, 3.8) is 0 Å². The summed E-state index contributed by atoms with van der Waals surface area (Å²) in [7, 11) is 1.68. The van der Waals surface area contributed by atoms with Gasteiger partial charge in [0.25, 0.3) is 0 Å². The van der Waals surface area contributed by atoms with E-state index in [2.05, 4.69) is 29.1 Å². The molecule has 0 bridgehead atoms. The van der Waals surface area contributed by atoms with Crippen LogP contribution in [0.15, 0.2) is 34.6 Å². The van der Waals surface area contributed by atoms with Gasteiger partial charge in [0.1, 0.15) is 5.75 Å². The van der Waals surface area contributed by atoms with Crippen molar-refractivity contribution < 1.29 is 14.7 Å². The number of carbonyl (C=O) groups excluding carboxylic acids is 1. The number of hydrogen-bond donors (Lipinski definition) is 1. The minimum Gasteiger partial charge on any atom is -0.497 e. The van der Waals surface area contributed by atoms with Crippen LogP contribution in [0, 0.1) is 5.92 Å². The van der Waals surface area contributed by atoms with Gasteiger partial charge in [-0.2, -0.15) is 0 Å². The third-order valence-corrected chi connectivity index (χ3v) is 5.63. The Kier molecular flexibility index (Phi) is 3.59. The lowest BCUT2D eigenvalue weighted by atomic mass is 9.74.